The SMILES string of the molecule is COc1ccc(CNc2nc(C(CCO)CCO)nc3c2ncn3C(C)C)cc1. The van der Waals surface area contributed by atoms with E-state index in [1.807, 2.05) is 28.8 Å². The van der Waals surface area contributed by atoms with Gasteiger partial charge >= 0.3 is 0 Å². The lowest BCUT2D eigenvalue weighted by Gasteiger charge is -2.16. The maximum absolute atomic E-state index is 9.42. The van der Waals surface area contributed by atoms with Crippen LogP contribution in [0.25, 0.3) is 11.2 Å². The summed E-state index contributed by atoms with van der Waals surface area (Å²) in [6.07, 6.45) is 2.78. The van der Waals surface area contributed by atoms with E-state index in [4.69, 9.17) is 14.7 Å². The second-order valence-electron chi connectivity index (χ2n) is 7.27. The number of imidazole rings is 1. The van der Waals surface area contributed by atoms with Crippen LogP contribution < -0.4 is 10.1 Å². The molecule has 8 heteroatoms. The Balaban J connectivity index is 1.96. The van der Waals surface area contributed by atoms with E-state index in [9.17, 15) is 10.2 Å². The molecule has 0 saturated carbocycles. The molecule has 29 heavy (non-hydrogen) atoms. The Morgan fingerprint density at radius 2 is 1.76 bits per heavy atom. The summed E-state index contributed by atoms with van der Waals surface area (Å²) in [4.78, 5) is 14.0. The smallest absolute Gasteiger partial charge is 0.166 e. The number of benzene rings is 1. The third kappa shape index (κ3) is 4.83. The molecule has 0 radical (unpaired) electrons. The number of ether oxygens (including phenoxy) is 1. The summed E-state index contributed by atoms with van der Waals surface area (Å²) in [6, 6.07) is 8.04. The van der Waals surface area contributed by atoms with E-state index in [1.165, 1.54) is 0 Å². The molecule has 0 spiro atoms. The average molecular weight is 399 g/mol. The van der Waals surface area contributed by atoms with Crippen molar-refractivity contribution >= 4 is 17.0 Å². The fourth-order valence-corrected chi connectivity index (χ4v) is 3.26. The molecule has 0 saturated heterocycles. The summed E-state index contributed by atoms with van der Waals surface area (Å²) in [6.45, 7) is 4.77. The standard InChI is InChI=1S/C21H29N5O3/c1-14(2)26-13-23-18-20(22-12-15-4-6-17(29-3)7-5-15)24-19(25-21(18)26)16(8-10-27)9-11-28/h4-7,13-14,16,27-28H,8-12H2,1-3H3,(H,22,24,25). The Hall–Kier alpha value is -2.71. The molecule has 3 rings (SSSR count). The number of nitrogens with zero attached hydrogens (tertiary/aromatic N) is 4. The molecule has 0 fully saturated rings. The molecule has 0 amide bonds. The summed E-state index contributed by atoms with van der Waals surface area (Å²) < 4.78 is 7.22. The number of methoxy groups -OCH3 is 1. The first-order valence-corrected chi connectivity index (χ1v) is 9.90. The zero-order chi connectivity index (χ0) is 20.8. The molecule has 3 aromatic rings. The number of hydrogen-bond donors (Lipinski definition) is 3. The largest absolute Gasteiger partial charge is 0.497 e. The van der Waals surface area contributed by atoms with Crippen molar-refractivity contribution in [2.24, 2.45) is 0 Å². The topological polar surface area (TPSA) is 105 Å². The Morgan fingerprint density at radius 1 is 1.07 bits per heavy atom. The van der Waals surface area contributed by atoms with Gasteiger partial charge in [-0.2, -0.15) is 0 Å². The monoisotopic (exact) mass is 399 g/mol. The van der Waals surface area contributed by atoms with E-state index < -0.39 is 0 Å². The zero-order valence-electron chi connectivity index (χ0n) is 17.2. The molecular weight excluding hydrogens is 370 g/mol. The zero-order valence-corrected chi connectivity index (χ0v) is 17.2. The average Bonchev–Trinajstić information content (AvgIpc) is 3.16. The van der Waals surface area contributed by atoms with Gasteiger partial charge in [-0.05, 0) is 44.4 Å². The van der Waals surface area contributed by atoms with Crippen molar-refractivity contribution in [3.63, 3.8) is 0 Å². The highest BCUT2D eigenvalue weighted by molar-refractivity contribution is 5.83. The normalized spacial score (nSPS) is 11.6. The summed E-state index contributed by atoms with van der Waals surface area (Å²) in [5, 5.41) is 22.2. The van der Waals surface area contributed by atoms with Gasteiger partial charge in [0.15, 0.2) is 11.5 Å². The fourth-order valence-electron chi connectivity index (χ4n) is 3.26. The van der Waals surface area contributed by atoms with Gasteiger partial charge in [-0.15, -0.1) is 0 Å². The van der Waals surface area contributed by atoms with E-state index in [1.54, 1.807) is 13.4 Å². The van der Waals surface area contributed by atoms with E-state index in [-0.39, 0.29) is 25.2 Å². The van der Waals surface area contributed by atoms with Crippen molar-refractivity contribution in [2.45, 2.75) is 45.2 Å². The summed E-state index contributed by atoms with van der Waals surface area (Å²) >= 11 is 0. The number of nitrogens with one attached hydrogen (secondary N) is 1. The van der Waals surface area contributed by atoms with E-state index in [2.05, 4.69) is 24.1 Å². The Morgan fingerprint density at radius 3 is 2.34 bits per heavy atom. The molecule has 0 atom stereocenters. The second-order valence-corrected chi connectivity index (χ2v) is 7.27. The highest BCUT2D eigenvalue weighted by Crippen LogP contribution is 2.27. The predicted molar refractivity (Wildman–Crippen MR) is 112 cm³/mol. The molecule has 0 bridgehead atoms. The predicted octanol–water partition coefficient (Wildman–Crippen LogP) is 2.88. The van der Waals surface area contributed by atoms with Gasteiger partial charge in [-0.1, -0.05) is 12.1 Å². The van der Waals surface area contributed by atoms with Crippen molar-refractivity contribution in [1.29, 1.82) is 0 Å². The van der Waals surface area contributed by atoms with Crippen LogP contribution in [-0.4, -0.2) is 50.1 Å². The number of hydrogen-bond acceptors (Lipinski definition) is 7. The molecule has 1 aromatic carbocycles. The highest BCUT2D eigenvalue weighted by Gasteiger charge is 2.20. The second kappa shape index (κ2) is 9.67. The maximum Gasteiger partial charge on any atom is 0.166 e. The number of aromatic nitrogens is 4. The van der Waals surface area contributed by atoms with Crippen LogP contribution in [-0.2, 0) is 6.54 Å². The van der Waals surface area contributed by atoms with Gasteiger partial charge in [0.05, 0.1) is 13.4 Å². The van der Waals surface area contributed by atoms with Gasteiger partial charge in [0.1, 0.15) is 17.1 Å². The third-order valence-electron chi connectivity index (χ3n) is 4.93. The molecule has 3 N–H and O–H groups in total. The molecule has 156 valence electrons. The first-order valence-electron chi connectivity index (χ1n) is 9.90. The number of aliphatic hydroxyl groups excluding tert-OH is 2. The summed E-state index contributed by atoms with van der Waals surface area (Å²) in [7, 11) is 1.65. The number of aliphatic hydroxyl groups is 2. The quantitative estimate of drug-likeness (QED) is 0.481. The van der Waals surface area contributed by atoms with Crippen molar-refractivity contribution < 1.29 is 14.9 Å². The highest BCUT2D eigenvalue weighted by atomic mass is 16.5. The Kier molecular flexibility index (Phi) is 7.00. The minimum Gasteiger partial charge on any atom is -0.497 e. The maximum atomic E-state index is 9.42. The number of rotatable bonds is 10. The molecule has 0 unspecified atom stereocenters. The van der Waals surface area contributed by atoms with Crippen LogP contribution in [0.3, 0.4) is 0 Å². The minimum atomic E-state index is -0.119. The van der Waals surface area contributed by atoms with Crippen LogP contribution in [0.15, 0.2) is 30.6 Å². The lowest BCUT2D eigenvalue weighted by Crippen LogP contribution is -2.13. The molecular formula is C21H29N5O3. The minimum absolute atomic E-state index is 0.0180. The van der Waals surface area contributed by atoms with E-state index >= 15 is 0 Å². The van der Waals surface area contributed by atoms with Crippen LogP contribution >= 0.6 is 0 Å². The van der Waals surface area contributed by atoms with Crippen LogP contribution in [0.5, 0.6) is 5.75 Å². The van der Waals surface area contributed by atoms with Gasteiger partial charge in [-0.3, -0.25) is 0 Å². The van der Waals surface area contributed by atoms with Gasteiger partial charge in [-0.25, -0.2) is 15.0 Å². The summed E-state index contributed by atoms with van der Waals surface area (Å²) in [5.74, 6) is 1.96. The van der Waals surface area contributed by atoms with Crippen LogP contribution in [0.2, 0.25) is 0 Å². The van der Waals surface area contributed by atoms with Gasteiger partial charge in [0.25, 0.3) is 0 Å². The van der Waals surface area contributed by atoms with Gasteiger partial charge in [0, 0.05) is 31.7 Å². The lowest BCUT2D eigenvalue weighted by molar-refractivity contribution is 0.239. The fraction of sp³-hybridized carbons (Fsp3) is 0.476. The van der Waals surface area contributed by atoms with Gasteiger partial charge in [0.2, 0.25) is 0 Å². The van der Waals surface area contributed by atoms with Crippen LogP contribution in [0.4, 0.5) is 5.82 Å². The molecule has 0 aliphatic rings. The molecule has 2 heterocycles. The first kappa shape index (κ1) is 21.0. The van der Waals surface area contributed by atoms with Crippen molar-refractivity contribution in [1.82, 2.24) is 19.5 Å². The Labute approximate surface area is 170 Å². The third-order valence-corrected chi connectivity index (χ3v) is 4.93. The molecule has 8 nitrogen and oxygen atoms in total. The van der Waals surface area contributed by atoms with Gasteiger partial charge < -0.3 is 24.8 Å². The summed E-state index contributed by atoms with van der Waals surface area (Å²) in [5.41, 5.74) is 2.55. The van der Waals surface area contributed by atoms with E-state index in [0.717, 1.165) is 17.0 Å². The molecule has 0 aliphatic carbocycles. The van der Waals surface area contributed by atoms with Crippen molar-refractivity contribution in [3.05, 3.63) is 42.0 Å². The van der Waals surface area contributed by atoms with Crippen LogP contribution in [0.1, 0.15) is 50.0 Å². The lowest BCUT2D eigenvalue weighted by atomic mass is 10.0. The molecule has 2 aromatic heterocycles. The van der Waals surface area contributed by atoms with Crippen molar-refractivity contribution in [3.8, 4) is 5.75 Å². The van der Waals surface area contributed by atoms with Crippen LogP contribution in [0, 0.1) is 0 Å². The Bertz CT molecular complexity index is 918. The van der Waals surface area contributed by atoms with E-state index in [0.29, 0.717) is 36.5 Å². The molecule has 0 aliphatic heterocycles. The number of anilines is 1. The van der Waals surface area contributed by atoms with Crippen molar-refractivity contribution in [2.75, 3.05) is 25.6 Å². The number of fused-ring (bicyclic) bond motifs is 1. The first-order chi connectivity index (χ1) is 14.1.